The third-order valence-electron chi connectivity index (χ3n) is 2.01. The Bertz CT molecular complexity index is 228. The predicted molar refractivity (Wildman–Crippen MR) is 58.8 cm³/mol. The largest absolute Gasteiger partial charge is 0.471 e. The molecule has 0 saturated heterocycles. The van der Waals surface area contributed by atoms with Crippen LogP contribution in [-0.2, 0) is 18.6 Å². The first-order chi connectivity index (χ1) is 7.30. The van der Waals surface area contributed by atoms with E-state index in [1.54, 1.807) is 0 Å². The lowest BCUT2D eigenvalue weighted by molar-refractivity contribution is -0.156. The first-order valence-electron chi connectivity index (χ1n) is 5.31. The zero-order valence-electron chi connectivity index (χ0n) is 10.1. The molecule has 7 heteroatoms. The maximum absolute atomic E-state index is 10.6. The Balaban J connectivity index is 4.16. The lowest BCUT2D eigenvalue weighted by Gasteiger charge is -2.26. The quantitative estimate of drug-likeness (QED) is 0.507. The molecule has 0 saturated carbocycles. The van der Waals surface area contributed by atoms with Gasteiger partial charge in [-0.15, -0.1) is 0 Å². The molecule has 0 aromatic rings. The summed E-state index contributed by atoms with van der Waals surface area (Å²) in [5, 5.41) is 0. The van der Waals surface area contributed by atoms with E-state index in [4.69, 9.17) is 19.3 Å². The summed E-state index contributed by atoms with van der Waals surface area (Å²) in [4.78, 5) is 17.2. The van der Waals surface area contributed by atoms with Gasteiger partial charge in [0.05, 0.1) is 12.2 Å². The lowest BCUT2D eigenvalue weighted by Crippen LogP contribution is -2.32. The van der Waals surface area contributed by atoms with Crippen molar-refractivity contribution in [3.05, 3.63) is 0 Å². The highest BCUT2D eigenvalue weighted by molar-refractivity contribution is 7.46. The average molecular weight is 256 g/mol. The van der Waals surface area contributed by atoms with Crippen LogP contribution in [0.4, 0.5) is 0 Å². The maximum atomic E-state index is 10.6. The Morgan fingerprint density at radius 1 is 1.25 bits per heavy atom. The van der Waals surface area contributed by atoms with Gasteiger partial charge in [-0.05, 0) is 27.2 Å². The highest BCUT2D eigenvalue weighted by Crippen LogP contribution is 2.38. The highest BCUT2D eigenvalue weighted by atomic mass is 31.2. The molecule has 0 heterocycles. The summed E-state index contributed by atoms with van der Waals surface area (Å²) in [5.41, 5.74) is 0. The van der Waals surface area contributed by atoms with Crippen LogP contribution in [0.15, 0.2) is 0 Å². The molecule has 3 atom stereocenters. The van der Waals surface area contributed by atoms with Gasteiger partial charge < -0.3 is 19.3 Å². The van der Waals surface area contributed by atoms with E-state index in [9.17, 15) is 4.57 Å². The molecular weight excluding hydrogens is 235 g/mol. The number of rotatable bonds is 8. The fraction of sp³-hybridized carbons (Fsp3) is 1.00. The minimum absolute atomic E-state index is 0.141. The van der Waals surface area contributed by atoms with Gasteiger partial charge in [0.1, 0.15) is 0 Å². The predicted octanol–water partition coefficient (Wildman–Crippen LogP) is 1.66. The third-order valence-corrected chi connectivity index (χ3v) is 2.58. The van der Waals surface area contributed by atoms with Crippen LogP contribution >= 0.6 is 7.82 Å². The van der Waals surface area contributed by atoms with Gasteiger partial charge in [0.2, 0.25) is 0 Å². The molecule has 98 valence electrons. The minimum Gasteiger partial charge on any atom is -0.376 e. The van der Waals surface area contributed by atoms with Crippen LogP contribution in [-0.4, -0.2) is 34.9 Å². The Labute approximate surface area is 96.1 Å². The van der Waals surface area contributed by atoms with Crippen LogP contribution in [0, 0.1) is 0 Å². The Morgan fingerprint density at radius 2 is 1.81 bits per heavy atom. The Hall–Kier alpha value is 0.0300. The number of phosphoric acid groups is 1. The van der Waals surface area contributed by atoms with Gasteiger partial charge in [-0.3, -0.25) is 4.52 Å². The van der Waals surface area contributed by atoms with Gasteiger partial charge >= 0.3 is 7.82 Å². The van der Waals surface area contributed by atoms with Crippen LogP contribution in [0.5, 0.6) is 0 Å². The fourth-order valence-corrected chi connectivity index (χ4v) is 1.81. The summed E-state index contributed by atoms with van der Waals surface area (Å²) < 4.78 is 25.7. The lowest BCUT2D eigenvalue weighted by atomic mass is 10.2. The van der Waals surface area contributed by atoms with Gasteiger partial charge in [0.15, 0.2) is 6.29 Å². The van der Waals surface area contributed by atoms with E-state index in [-0.39, 0.29) is 12.2 Å². The first kappa shape index (κ1) is 16.0. The summed E-state index contributed by atoms with van der Waals surface area (Å²) in [6, 6.07) is 0. The van der Waals surface area contributed by atoms with Crippen molar-refractivity contribution < 1.29 is 28.3 Å². The zero-order chi connectivity index (χ0) is 12.8. The third kappa shape index (κ3) is 7.33. The van der Waals surface area contributed by atoms with Crippen LogP contribution in [0.3, 0.4) is 0 Å². The molecule has 0 aromatic carbocycles. The van der Waals surface area contributed by atoms with Crippen molar-refractivity contribution in [3.63, 3.8) is 0 Å². The van der Waals surface area contributed by atoms with E-state index in [0.29, 0.717) is 13.0 Å². The fourth-order valence-electron chi connectivity index (χ4n) is 1.37. The second-order valence-electron chi connectivity index (χ2n) is 3.41. The van der Waals surface area contributed by atoms with Crippen LogP contribution in [0.25, 0.3) is 0 Å². The standard InChI is InChI=1S/C9H21O6P/c1-5-9(7(3)13-6-2)14-8(4)15-16(10,11)12/h7-9H,5-6H2,1-4H3,(H2,10,11,12). The molecular formula is C9H21O6P. The molecule has 0 amide bonds. The number of ether oxygens (including phenoxy) is 2. The van der Waals surface area contributed by atoms with Crippen molar-refractivity contribution in [2.75, 3.05) is 6.61 Å². The molecule has 6 nitrogen and oxygen atoms in total. The van der Waals surface area contributed by atoms with E-state index in [2.05, 4.69) is 4.52 Å². The molecule has 2 N–H and O–H groups in total. The van der Waals surface area contributed by atoms with E-state index < -0.39 is 14.1 Å². The van der Waals surface area contributed by atoms with Gasteiger partial charge in [0, 0.05) is 6.61 Å². The minimum atomic E-state index is -4.50. The molecule has 0 fully saturated rings. The molecule has 16 heavy (non-hydrogen) atoms. The molecule has 3 unspecified atom stereocenters. The van der Waals surface area contributed by atoms with Gasteiger partial charge in [0.25, 0.3) is 0 Å². The van der Waals surface area contributed by atoms with Crippen molar-refractivity contribution in [2.45, 2.75) is 52.6 Å². The normalized spacial score (nSPS) is 18.1. The average Bonchev–Trinajstić information content (AvgIpc) is 2.11. The van der Waals surface area contributed by atoms with Gasteiger partial charge in [-0.2, -0.15) is 0 Å². The van der Waals surface area contributed by atoms with E-state index in [1.807, 2.05) is 20.8 Å². The monoisotopic (exact) mass is 256 g/mol. The molecule has 0 aromatic heterocycles. The first-order valence-corrected chi connectivity index (χ1v) is 6.84. The maximum Gasteiger partial charge on any atom is 0.471 e. The molecule has 0 aliphatic heterocycles. The molecule has 0 bridgehead atoms. The van der Waals surface area contributed by atoms with Gasteiger partial charge in [-0.1, -0.05) is 6.92 Å². The number of phosphoric ester groups is 1. The second kappa shape index (κ2) is 7.37. The summed E-state index contributed by atoms with van der Waals surface area (Å²) in [7, 11) is -4.50. The number of hydrogen-bond acceptors (Lipinski definition) is 4. The molecule has 0 radical (unpaired) electrons. The molecule has 0 aliphatic carbocycles. The van der Waals surface area contributed by atoms with Crippen molar-refractivity contribution in [3.8, 4) is 0 Å². The Kier molecular flexibility index (Phi) is 7.39. The van der Waals surface area contributed by atoms with E-state index in [0.717, 1.165) is 0 Å². The Morgan fingerprint density at radius 3 is 2.19 bits per heavy atom. The van der Waals surface area contributed by atoms with Crippen molar-refractivity contribution >= 4 is 7.82 Å². The second-order valence-corrected chi connectivity index (χ2v) is 4.60. The van der Waals surface area contributed by atoms with E-state index in [1.165, 1.54) is 6.92 Å². The summed E-state index contributed by atoms with van der Waals surface area (Å²) in [5.74, 6) is 0. The van der Waals surface area contributed by atoms with Crippen molar-refractivity contribution in [1.29, 1.82) is 0 Å². The summed E-state index contributed by atoms with van der Waals surface area (Å²) in [6.07, 6.45) is -0.677. The zero-order valence-corrected chi connectivity index (χ0v) is 11.0. The molecule has 0 aliphatic rings. The van der Waals surface area contributed by atoms with Crippen LogP contribution in [0.1, 0.15) is 34.1 Å². The SMILES string of the molecule is CCOC(C)C(CC)OC(C)OP(=O)(O)O. The van der Waals surface area contributed by atoms with Crippen molar-refractivity contribution in [2.24, 2.45) is 0 Å². The van der Waals surface area contributed by atoms with E-state index >= 15 is 0 Å². The van der Waals surface area contributed by atoms with Crippen LogP contribution < -0.4 is 0 Å². The van der Waals surface area contributed by atoms with Gasteiger partial charge in [-0.25, -0.2) is 4.57 Å². The summed E-state index contributed by atoms with van der Waals surface area (Å²) in [6.45, 7) is 7.64. The summed E-state index contributed by atoms with van der Waals surface area (Å²) >= 11 is 0. The number of hydrogen-bond donors (Lipinski definition) is 2. The molecule has 0 spiro atoms. The van der Waals surface area contributed by atoms with Crippen LogP contribution in [0.2, 0.25) is 0 Å². The highest BCUT2D eigenvalue weighted by Gasteiger charge is 2.24. The molecule has 0 rings (SSSR count). The van der Waals surface area contributed by atoms with Crippen molar-refractivity contribution in [1.82, 2.24) is 0 Å². The smallest absolute Gasteiger partial charge is 0.376 e. The topological polar surface area (TPSA) is 85.2 Å².